The molecular weight excluding hydrogens is 755 g/mol. The number of aromatic nitrogens is 5. The second-order valence-corrected chi connectivity index (χ2v) is 16.0. The lowest BCUT2D eigenvalue weighted by Crippen LogP contribution is -1.96. The van der Waals surface area contributed by atoms with Gasteiger partial charge in [-0.25, -0.2) is 14.5 Å². The molecule has 0 unspecified atom stereocenters. The Morgan fingerprint density at radius 1 is 0.339 bits per heavy atom. The van der Waals surface area contributed by atoms with E-state index < -0.39 is 0 Å². The molecule has 5 nitrogen and oxygen atoms in total. The van der Waals surface area contributed by atoms with E-state index in [4.69, 9.17) is 15.1 Å². The molecule has 288 valence electrons. The van der Waals surface area contributed by atoms with Gasteiger partial charge in [-0.1, -0.05) is 170 Å². The molecule has 0 saturated carbocycles. The Kier molecular flexibility index (Phi) is 7.54. The lowest BCUT2D eigenvalue weighted by Gasteiger charge is -2.11. The number of pyridine rings is 1. The van der Waals surface area contributed by atoms with E-state index in [0.717, 1.165) is 72.6 Å². The van der Waals surface area contributed by atoms with Gasteiger partial charge in [-0.2, -0.15) is 5.10 Å². The summed E-state index contributed by atoms with van der Waals surface area (Å²) >= 11 is 0. The van der Waals surface area contributed by atoms with Crippen LogP contribution < -0.4 is 0 Å². The molecule has 5 aromatic heterocycles. The molecule has 5 heterocycles. The van der Waals surface area contributed by atoms with Gasteiger partial charge in [0.1, 0.15) is 5.69 Å². The minimum Gasteiger partial charge on any atom is -0.308 e. The third-order valence-electron chi connectivity index (χ3n) is 12.4. The zero-order valence-corrected chi connectivity index (χ0v) is 33.4. The van der Waals surface area contributed by atoms with E-state index in [9.17, 15) is 0 Å². The zero-order chi connectivity index (χ0) is 40.7. The Hall–Kier alpha value is -8.41. The lowest BCUT2D eigenvalue weighted by molar-refractivity contribution is 0.979. The summed E-state index contributed by atoms with van der Waals surface area (Å²) in [6.45, 7) is 0. The van der Waals surface area contributed by atoms with Crippen LogP contribution in [0.2, 0.25) is 0 Å². The normalized spacial score (nSPS) is 11.9. The first-order valence-corrected chi connectivity index (χ1v) is 21.0. The standard InChI is InChI=1S/C57H35N5/c1-4-17-36(18-5-1)48-35-49(59-57(58-48)42-32-46-44-27-12-14-29-50(44)61-51-30-15-13-28-45(51)47(33-42)55(46)61)40-24-16-25-41(31-40)54-53(38-21-8-3-9-22-38)56-43-26-11-10-23-39(43)34-52(62(56)60-54)37-19-6-2-7-20-37/h1-35H. The van der Waals surface area contributed by atoms with Gasteiger partial charge in [0.25, 0.3) is 0 Å². The fraction of sp³-hybridized carbons (Fsp3) is 0. The molecule has 0 radical (unpaired) electrons. The zero-order valence-electron chi connectivity index (χ0n) is 33.4. The summed E-state index contributed by atoms with van der Waals surface area (Å²) < 4.78 is 4.56. The summed E-state index contributed by atoms with van der Waals surface area (Å²) in [5, 5.41) is 12.7. The van der Waals surface area contributed by atoms with Crippen molar-refractivity contribution in [2.24, 2.45) is 0 Å². The van der Waals surface area contributed by atoms with Crippen LogP contribution in [0, 0.1) is 0 Å². The highest BCUT2D eigenvalue weighted by Crippen LogP contribution is 2.44. The van der Waals surface area contributed by atoms with Crippen LogP contribution in [0.5, 0.6) is 0 Å². The highest BCUT2D eigenvalue weighted by molar-refractivity contribution is 6.24. The van der Waals surface area contributed by atoms with Crippen LogP contribution in [-0.4, -0.2) is 24.0 Å². The van der Waals surface area contributed by atoms with Crippen LogP contribution in [0.15, 0.2) is 212 Å². The maximum atomic E-state index is 5.52. The van der Waals surface area contributed by atoms with Gasteiger partial charge in [0, 0.05) is 60.3 Å². The number of para-hydroxylation sites is 2. The number of rotatable bonds is 6. The van der Waals surface area contributed by atoms with Gasteiger partial charge in [0.15, 0.2) is 5.82 Å². The summed E-state index contributed by atoms with van der Waals surface area (Å²) in [7, 11) is 0. The molecule has 0 aliphatic carbocycles. The smallest absolute Gasteiger partial charge is 0.160 e. The Balaban J connectivity index is 1.05. The highest BCUT2D eigenvalue weighted by atomic mass is 15.2. The van der Waals surface area contributed by atoms with Gasteiger partial charge < -0.3 is 4.40 Å². The Morgan fingerprint density at radius 2 is 0.871 bits per heavy atom. The van der Waals surface area contributed by atoms with E-state index in [1.807, 2.05) is 6.07 Å². The van der Waals surface area contributed by atoms with Gasteiger partial charge in [-0.05, 0) is 53.4 Å². The van der Waals surface area contributed by atoms with Crippen LogP contribution in [0.25, 0.3) is 122 Å². The summed E-state index contributed by atoms with van der Waals surface area (Å²) in [6.07, 6.45) is 0. The first-order valence-electron chi connectivity index (χ1n) is 21.0. The van der Waals surface area contributed by atoms with Crippen LogP contribution >= 0.6 is 0 Å². The minimum absolute atomic E-state index is 0.683. The van der Waals surface area contributed by atoms with Crippen molar-refractivity contribution in [3.63, 3.8) is 0 Å². The summed E-state index contributed by atoms with van der Waals surface area (Å²) in [5.74, 6) is 0.683. The Bertz CT molecular complexity index is 3760. The minimum atomic E-state index is 0.683. The molecular formula is C57H35N5. The SMILES string of the molecule is c1ccc(-c2cc(-c3cccc(-c4nn5c(-c6ccccc6)cc6ccccc6c5c4-c4ccccc4)c3)nc(-c3cc4c5ccccc5n5c6ccccc6c(c3)c45)n2)cc1. The second-order valence-electron chi connectivity index (χ2n) is 16.0. The van der Waals surface area contributed by atoms with E-state index in [1.165, 1.54) is 43.5 Å². The second kappa shape index (κ2) is 13.6. The van der Waals surface area contributed by atoms with Crippen molar-refractivity contribution in [1.29, 1.82) is 0 Å². The molecule has 0 atom stereocenters. The Morgan fingerprint density at radius 3 is 1.55 bits per heavy atom. The molecule has 0 aliphatic heterocycles. The van der Waals surface area contributed by atoms with Gasteiger partial charge in [0.2, 0.25) is 0 Å². The van der Waals surface area contributed by atoms with Crippen molar-refractivity contribution in [1.82, 2.24) is 24.0 Å². The third kappa shape index (κ3) is 5.25. The highest BCUT2D eigenvalue weighted by Gasteiger charge is 2.23. The predicted octanol–water partition coefficient (Wildman–Crippen LogP) is 14.4. The first-order chi connectivity index (χ1) is 30.7. The fourth-order valence-electron chi connectivity index (χ4n) is 9.67. The summed E-state index contributed by atoms with van der Waals surface area (Å²) in [6, 6.07) is 75.3. The molecule has 0 bridgehead atoms. The molecule has 5 heteroatoms. The van der Waals surface area contributed by atoms with Crippen LogP contribution in [0.1, 0.15) is 0 Å². The van der Waals surface area contributed by atoms with Gasteiger partial charge in [0.05, 0.1) is 39.1 Å². The van der Waals surface area contributed by atoms with Gasteiger partial charge in [-0.15, -0.1) is 0 Å². The number of hydrogen-bond acceptors (Lipinski definition) is 3. The molecule has 62 heavy (non-hydrogen) atoms. The fourth-order valence-corrected chi connectivity index (χ4v) is 9.67. The molecule has 8 aromatic carbocycles. The largest absolute Gasteiger partial charge is 0.308 e. The monoisotopic (exact) mass is 789 g/mol. The van der Waals surface area contributed by atoms with Crippen LogP contribution in [0.4, 0.5) is 0 Å². The van der Waals surface area contributed by atoms with Crippen LogP contribution in [-0.2, 0) is 0 Å². The van der Waals surface area contributed by atoms with Crippen molar-refractivity contribution in [2.75, 3.05) is 0 Å². The van der Waals surface area contributed by atoms with Crippen LogP contribution in [0.3, 0.4) is 0 Å². The first kappa shape index (κ1) is 34.5. The van der Waals surface area contributed by atoms with Gasteiger partial charge >= 0.3 is 0 Å². The maximum Gasteiger partial charge on any atom is 0.160 e. The molecule has 0 amide bonds. The Labute approximate surface area is 356 Å². The van der Waals surface area contributed by atoms with E-state index in [2.05, 4.69) is 215 Å². The van der Waals surface area contributed by atoms with E-state index in [1.54, 1.807) is 0 Å². The molecule has 0 spiro atoms. The topological polar surface area (TPSA) is 47.5 Å². The van der Waals surface area contributed by atoms with E-state index >= 15 is 0 Å². The number of hydrogen-bond donors (Lipinski definition) is 0. The maximum absolute atomic E-state index is 5.52. The summed E-state index contributed by atoms with van der Waals surface area (Å²) in [5.41, 5.74) is 15.7. The average molecular weight is 790 g/mol. The summed E-state index contributed by atoms with van der Waals surface area (Å²) in [4.78, 5) is 10.7. The van der Waals surface area contributed by atoms with E-state index in [0.29, 0.717) is 5.82 Å². The van der Waals surface area contributed by atoms with Crippen molar-refractivity contribution >= 4 is 54.4 Å². The molecule has 13 rings (SSSR count). The van der Waals surface area contributed by atoms with Gasteiger partial charge in [-0.3, -0.25) is 0 Å². The van der Waals surface area contributed by atoms with Crippen molar-refractivity contribution in [3.8, 4) is 67.5 Å². The number of fused-ring (bicyclic) bond motifs is 9. The molecule has 0 aliphatic rings. The molecule has 0 N–H and O–H groups in total. The number of benzene rings is 8. The lowest BCUT2D eigenvalue weighted by atomic mass is 9.95. The molecule has 0 saturated heterocycles. The molecule has 13 aromatic rings. The predicted molar refractivity (Wildman–Crippen MR) is 256 cm³/mol. The quantitative estimate of drug-likeness (QED) is 0.169. The third-order valence-corrected chi connectivity index (χ3v) is 12.4. The van der Waals surface area contributed by atoms with Crippen molar-refractivity contribution in [2.45, 2.75) is 0 Å². The molecule has 0 fully saturated rings. The van der Waals surface area contributed by atoms with Crippen molar-refractivity contribution < 1.29 is 0 Å². The number of nitrogens with zero attached hydrogens (tertiary/aromatic N) is 5. The average Bonchev–Trinajstić information content (AvgIpc) is 4.03. The van der Waals surface area contributed by atoms with E-state index in [-0.39, 0.29) is 0 Å². The van der Waals surface area contributed by atoms with Crippen molar-refractivity contribution in [3.05, 3.63) is 212 Å².